The highest BCUT2D eigenvalue weighted by molar-refractivity contribution is 7.98. The maximum absolute atomic E-state index is 12.8. The van der Waals surface area contributed by atoms with Gasteiger partial charge in [0.05, 0.1) is 6.07 Å². The number of nitrogens with zero attached hydrogens (tertiary/aromatic N) is 1. The van der Waals surface area contributed by atoms with Crippen molar-refractivity contribution in [3.63, 3.8) is 0 Å². The van der Waals surface area contributed by atoms with Gasteiger partial charge in [-0.15, -0.1) is 35.0 Å². The van der Waals surface area contributed by atoms with Crippen molar-refractivity contribution in [2.45, 2.75) is 34.4 Å². The quantitative estimate of drug-likeness (QED) is 0.370. The number of nitriles is 1. The van der Waals surface area contributed by atoms with E-state index in [1.807, 2.05) is 18.2 Å². The number of amides is 1. The van der Waals surface area contributed by atoms with Crippen LogP contribution in [-0.2, 0) is 4.79 Å². The number of rotatable bonds is 5. The molecule has 3 nitrogen and oxygen atoms in total. The molecule has 2 aromatic rings. The van der Waals surface area contributed by atoms with E-state index in [4.69, 9.17) is 28.5 Å². The van der Waals surface area contributed by atoms with Gasteiger partial charge in [-0.1, -0.05) is 36.4 Å². The average Bonchev–Trinajstić information content (AvgIpc) is 2.71. The molecule has 0 heterocycles. The van der Waals surface area contributed by atoms with Crippen LogP contribution in [0.2, 0.25) is 0 Å². The Hall–Kier alpha value is -1.67. The van der Waals surface area contributed by atoms with Crippen molar-refractivity contribution in [2.75, 3.05) is 12.8 Å². The lowest BCUT2D eigenvalue weighted by Crippen LogP contribution is -2.41. The summed E-state index contributed by atoms with van der Waals surface area (Å²) in [6, 6.07) is 18.6. The van der Waals surface area contributed by atoms with Crippen LogP contribution in [0.1, 0.15) is 30.7 Å². The largest absolute Gasteiger partial charge is 0.343 e. The lowest BCUT2D eigenvalue weighted by atomic mass is 9.72. The van der Waals surface area contributed by atoms with E-state index in [2.05, 4.69) is 48.0 Å². The molecule has 0 aliphatic heterocycles. The molecule has 1 aliphatic rings. The van der Waals surface area contributed by atoms with Crippen molar-refractivity contribution < 1.29 is 4.79 Å². The van der Waals surface area contributed by atoms with Crippen LogP contribution in [0.25, 0.3) is 11.1 Å². The van der Waals surface area contributed by atoms with Crippen LogP contribution in [0.15, 0.2) is 53.4 Å². The first kappa shape index (κ1) is 21.0. The van der Waals surface area contributed by atoms with E-state index in [0.29, 0.717) is 12.8 Å². The molecule has 1 N–H and O–H groups in total. The molecule has 28 heavy (non-hydrogen) atoms. The summed E-state index contributed by atoms with van der Waals surface area (Å²) < 4.78 is -0.917. The van der Waals surface area contributed by atoms with Crippen LogP contribution >= 0.6 is 35.0 Å². The Kier molecular flexibility index (Phi) is 6.93. The van der Waals surface area contributed by atoms with Gasteiger partial charge in [-0.3, -0.25) is 4.79 Å². The van der Waals surface area contributed by atoms with Crippen molar-refractivity contribution in [2.24, 2.45) is 5.92 Å². The van der Waals surface area contributed by atoms with Gasteiger partial charge < -0.3 is 5.32 Å². The molecule has 6 heteroatoms. The third kappa shape index (κ3) is 4.84. The average molecular weight is 433 g/mol. The molecule has 146 valence electrons. The fourth-order valence-electron chi connectivity index (χ4n) is 3.89. The summed E-state index contributed by atoms with van der Waals surface area (Å²) in [4.78, 5) is 14.0. The summed E-state index contributed by atoms with van der Waals surface area (Å²) in [6.07, 6.45) is 3.78. The minimum absolute atomic E-state index is 0.000689. The summed E-state index contributed by atoms with van der Waals surface area (Å²) in [5, 5.41) is 11.5. The molecule has 2 atom stereocenters. The lowest BCUT2D eigenvalue weighted by Gasteiger charge is -2.38. The molecule has 0 spiro atoms. The second kappa shape index (κ2) is 9.22. The molecule has 1 fully saturated rings. The SMILES string of the molecule is CSc1ccc(-c2ccccc2C2CCC(Cl)(Cl)C[C@H]2C(=O)NCC#N)cc1. The second-order valence-electron chi connectivity index (χ2n) is 7.00. The highest BCUT2D eigenvalue weighted by atomic mass is 35.5. The Labute approximate surface area is 180 Å². The third-order valence-corrected chi connectivity index (χ3v) is 6.70. The van der Waals surface area contributed by atoms with Crippen LogP contribution in [0.3, 0.4) is 0 Å². The standard InChI is InChI=1S/C22H22Cl2N2OS/c1-28-16-8-6-15(7-9-16)17-4-2-3-5-18(17)19-10-11-22(23,24)14-20(19)21(27)26-13-12-25/h2-9,19-20H,10-11,13-14H2,1H3,(H,26,27)/t19?,20-/m1/s1. The number of halogens is 2. The molecule has 0 bridgehead atoms. The molecular weight excluding hydrogens is 411 g/mol. The first-order valence-electron chi connectivity index (χ1n) is 9.21. The van der Waals surface area contributed by atoms with Gasteiger partial charge in [0.1, 0.15) is 10.9 Å². The van der Waals surface area contributed by atoms with Crippen molar-refractivity contribution in [1.82, 2.24) is 5.32 Å². The minimum atomic E-state index is -0.917. The van der Waals surface area contributed by atoms with E-state index in [1.54, 1.807) is 11.8 Å². The van der Waals surface area contributed by atoms with Gasteiger partial charge in [-0.2, -0.15) is 5.26 Å². The van der Waals surface area contributed by atoms with Crippen molar-refractivity contribution in [3.8, 4) is 17.2 Å². The first-order valence-corrected chi connectivity index (χ1v) is 11.2. The van der Waals surface area contributed by atoms with Crippen LogP contribution < -0.4 is 5.32 Å². The van der Waals surface area contributed by atoms with Crippen molar-refractivity contribution in [1.29, 1.82) is 5.26 Å². The molecule has 0 saturated heterocycles. The van der Waals surface area contributed by atoms with Crippen molar-refractivity contribution >= 4 is 40.9 Å². The zero-order chi connectivity index (χ0) is 20.1. The van der Waals surface area contributed by atoms with Gasteiger partial charge in [-0.05, 0) is 60.3 Å². The van der Waals surface area contributed by atoms with Gasteiger partial charge in [0, 0.05) is 10.8 Å². The summed E-state index contributed by atoms with van der Waals surface area (Å²) in [7, 11) is 0. The Morgan fingerprint density at radius 1 is 1.25 bits per heavy atom. The monoisotopic (exact) mass is 432 g/mol. The highest BCUT2D eigenvalue weighted by Crippen LogP contribution is 2.49. The van der Waals surface area contributed by atoms with Gasteiger partial charge in [0.25, 0.3) is 0 Å². The van der Waals surface area contributed by atoms with Gasteiger partial charge in [0.2, 0.25) is 5.91 Å². The van der Waals surface area contributed by atoms with Gasteiger partial charge in [-0.25, -0.2) is 0 Å². The van der Waals surface area contributed by atoms with Crippen LogP contribution in [0.5, 0.6) is 0 Å². The minimum Gasteiger partial charge on any atom is -0.343 e. The van der Waals surface area contributed by atoms with Crippen molar-refractivity contribution in [3.05, 3.63) is 54.1 Å². The summed E-state index contributed by atoms with van der Waals surface area (Å²) in [5.74, 6) is -0.533. The van der Waals surface area contributed by atoms with Crippen LogP contribution in [-0.4, -0.2) is 23.0 Å². The number of thioether (sulfide) groups is 1. The van der Waals surface area contributed by atoms with E-state index in [-0.39, 0.29) is 24.3 Å². The topological polar surface area (TPSA) is 52.9 Å². The number of hydrogen-bond donors (Lipinski definition) is 1. The Balaban J connectivity index is 1.98. The molecule has 1 aliphatic carbocycles. The highest BCUT2D eigenvalue weighted by Gasteiger charge is 2.42. The summed E-state index contributed by atoms with van der Waals surface area (Å²) in [5.41, 5.74) is 3.37. The Bertz CT molecular complexity index is 877. The number of carbonyl (C=O) groups is 1. The molecule has 1 amide bonds. The Morgan fingerprint density at radius 3 is 2.64 bits per heavy atom. The maximum Gasteiger partial charge on any atom is 0.224 e. The first-order chi connectivity index (χ1) is 13.4. The maximum atomic E-state index is 12.8. The Morgan fingerprint density at radius 2 is 1.96 bits per heavy atom. The van der Waals surface area contributed by atoms with E-state index in [0.717, 1.165) is 23.1 Å². The molecule has 0 aromatic heterocycles. The number of hydrogen-bond acceptors (Lipinski definition) is 3. The zero-order valence-electron chi connectivity index (χ0n) is 15.6. The number of alkyl halides is 2. The predicted molar refractivity (Wildman–Crippen MR) is 117 cm³/mol. The molecule has 2 aromatic carbocycles. The van der Waals surface area contributed by atoms with Gasteiger partial charge >= 0.3 is 0 Å². The van der Waals surface area contributed by atoms with E-state index in [1.165, 1.54) is 4.90 Å². The fourth-order valence-corrected chi connectivity index (χ4v) is 4.85. The molecular formula is C22H22Cl2N2OS. The second-order valence-corrected chi connectivity index (χ2v) is 9.52. The predicted octanol–water partition coefficient (Wildman–Crippen LogP) is 5.77. The zero-order valence-corrected chi connectivity index (χ0v) is 17.9. The third-order valence-electron chi connectivity index (χ3n) is 5.27. The van der Waals surface area contributed by atoms with E-state index in [9.17, 15) is 4.79 Å². The molecule has 0 radical (unpaired) electrons. The smallest absolute Gasteiger partial charge is 0.224 e. The van der Waals surface area contributed by atoms with Crippen LogP contribution in [0, 0.1) is 17.2 Å². The van der Waals surface area contributed by atoms with Crippen LogP contribution in [0.4, 0.5) is 0 Å². The fraction of sp³-hybridized carbons (Fsp3) is 0.364. The van der Waals surface area contributed by atoms with Gasteiger partial charge in [0.15, 0.2) is 0 Å². The molecule has 1 unspecified atom stereocenters. The summed E-state index contributed by atoms with van der Waals surface area (Å²) >= 11 is 14.5. The molecule has 1 saturated carbocycles. The number of benzene rings is 2. The number of nitrogens with one attached hydrogen (secondary N) is 1. The lowest BCUT2D eigenvalue weighted by molar-refractivity contribution is -0.126. The normalized spacial score (nSPS) is 20.9. The number of carbonyl (C=O) groups excluding carboxylic acids is 1. The summed E-state index contributed by atoms with van der Waals surface area (Å²) in [6.45, 7) is -0.0165. The molecule has 3 rings (SSSR count). The van der Waals surface area contributed by atoms with E-state index < -0.39 is 4.33 Å². The van der Waals surface area contributed by atoms with E-state index >= 15 is 0 Å².